The summed E-state index contributed by atoms with van der Waals surface area (Å²) in [5.41, 5.74) is 4.45. The molecule has 2 heterocycles. The third-order valence-corrected chi connectivity index (χ3v) is 5.95. The number of pyridine rings is 1. The van der Waals surface area contributed by atoms with Crippen LogP contribution < -0.4 is 5.32 Å². The van der Waals surface area contributed by atoms with Crippen LogP contribution >= 0.6 is 0 Å². The van der Waals surface area contributed by atoms with E-state index in [0.29, 0.717) is 51.4 Å². The Kier molecular flexibility index (Phi) is 7.32. The molecule has 0 spiro atoms. The highest BCUT2D eigenvalue weighted by atomic mass is 16.5. The quantitative estimate of drug-likeness (QED) is 0.565. The van der Waals surface area contributed by atoms with Gasteiger partial charge in [-0.3, -0.25) is 14.5 Å². The van der Waals surface area contributed by atoms with Gasteiger partial charge in [-0.2, -0.15) is 0 Å². The lowest BCUT2D eigenvalue weighted by molar-refractivity contribution is -0.122. The predicted octanol–water partition coefficient (Wildman–Crippen LogP) is 2.73. The van der Waals surface area contributed by atoms with Gasteiger partial charge in [-0.15, -0.1) is 0 Å². The van der Waals surface area contributed by atoms with Gasteiger partial charge in [0.05, 0.1) is 29.9 Å². The molecule has 1 aliphatic rings. The van der Waals surface area contributed by atoms with Crippen molar-refractivity contribution in [1.82, 2.24) is 20.1 Å². The molecule has 7 heteroatoms. The standard InChI is InChI=1S/C26H30N4O3/c1-19-7-9-20(10-8-19)24-17-22(21-5-3-4-6-23(21)28-24)26(32)30-14-12-29(13-15-30)18-25(31)27-11-16-33-2/h3-10,17H,11-16,18H2,1-2H3,(H,27,31). The van der Waals surface area contributed by atoms with Crippen LogP contribution in [0.2, 0.25) is 0 Å². The highest BCUT2D eigenvalue weighted by Crippen LogP contribution is 2.26. The lowest BCUT2D eigenvalue weighted by atomic mass is 10.0. The van der Waals surface area contributed by atoms with E-state index in [1.165, 1.54) is 5.56 Å². The number of methoxy groups -OCH3 is 1. The van der Waals surface area contributed by atoms with E-state index in [9.17, 15) is 9.59 Å². The first-order valence-electron chi connectivity index (χ1n) is 11.3. The number of benzene rings is 2. The number of carbonyl (C=O) groups excluding carboxylic acids is 2. The number of fused-ring (bicyclic) bond motifs is 1. The summed E-state index contributed by atoms with van der Waals surface area (Å²) in [6.45, 7) is 5.89. The van der Waals surface area contributed by atoms with Crippen molar-refractivity contribution < 1.29 is 14.3 Å². The van der Waals surface area contributed by atoms with Crippen LogP contribution in [0.25, 0.3) is 22.2 Å². The van der Waals surface area contributed by atoms with Crippen LogP contribution in [0.3, 0.4) is 0 Å². The molecule has 1 aromatic heterocycles. The molecule has 172 valence electrons. The van der Waals surface area contributed by atoms with Gasteiger partial charge in [0.1, 0.15) is 0 Å². The van der Waals surface area contributed by atoms with Gasteiger partial charge in [-0.05, 0) is 19.1 Å². The number of hydrogen-bond acceptors (Lipinski definition) is 5. The van der Waals surface area contributed by atoms with Crippen molar-refractivity contribution in [3.8, 4) is 11.3 Å². The van der Waals surface area contributed by atoms with Crippen LogP contribution in [0, 0.1) is 6.92 Å². The minimum Gasteiger partial charge on any atom is -0.383 e. The van der Waals surface area contributed by atoms with Gasteiger partial charge in [0.15, 0.2) is 0 Å². The number of nitrogens with one attached hydrogen (secondary N) is 1. The molecule has 0 atom stereocenters. The van der Waals surface area contributed by atoms with Gasteiger partial charge < -0.3 is 15.0 Å². The third kappa shape index (κ3) is 5.56. The fourth-order valence-electron chi connectivity index (χ4n) is 4.06. The number of nitrogens with zero attached hydrogens (tertiary/aromatic N) is 3. The molecular formula is C26H30N4O3. The molecule has 3 aromatic rings. The average molecular weight is 447 g/mol. The molecule has 1 fully saturated rings. The first kappa shape index (κ1) is 22.9. The summed E-state index contributed by atoms with van der Waals surface area (Å²) in [6, 6.07) is 17.9. The van der Waals surface area contributed by atoms with E-state index in [2.05, 4.69) is 29.3 Å². The molecule has 0 unspecified atom stereocenters. The molecule has 1 saturated heterocycles. The Morgan fingerprint density at radius 3 is 2.48 bits per heavy atom. The van der Waals surface area contributed by atoms with Crippen molar-refractivity contribution in [1.29, 1.82) is 0 Å². The summed E-state index contributed by atoms with van der Waals surface area (Å²) in [6.07, 6.45) is 0. The van der Waals surface area contributed by atoms with E-state index in [1.54, 1.807) is 7.11 Å². The molecule has 2 amide bonds. The SMILES string of the molecule is COCCNC(=O)CN1CCN(C(=O)c2cc(-c3ccc(C)cc3)nc3ccccc23)CC1. The number of hydrogen-bond donors (Lipinski definition) is 1. The summed E-state index contributed by atoms with van der Waals surface area (Å²) in [5, 5.41) is 3.70. The zero-order valence-electron chi connectivity index (χ0n) is 19.2. The second-order valence-corrected chi connectivity index (χ2v) is 8.35. The monoisotopic (exact) mass is 446 g/mol. The van der Waals surface area contributed by atoms with Crippen LogP contribution in [-0.2, 0) is 9.53 Å². The smallest absolute Gasteiger partial charge is 0.254 e. The van der Waals surface area contributed by atoms with Crippen LogP contribution in [0.5, 0.6) is 0 Å². The molecule has 0 bridgehead atoms. The number of ether oxygens (including phenoxy) is 1. The minimum atomic E-state index is -0.0188. The predicted molar refractivity (Wildman–Crippen MR) is 129 cm³/mol. The topological polar surface area (TPSA) is 74.8 Å². The number of aryl methyl sites for hydroxylation is 1. The molecule has 0 saturated carbocycles. The van der Waals surface area contributed by atoms with Gasteiger partial charge in [0, 0.05) is 50.8 Å². The van der Waals surface area contributed by atoms with Crippen LogP contribution in [0.4, 0.5) is 0 Å². The minimum absolute atomic E-state index is 0.00570. The summed E-state index contributed by atoms with van der Waals surface area (Å²) in [5.74, 6) is -0.0131. The van der Waals surface area contributed by atoms with E-state index >= 15 is 0 Å². The Labute approximate surface area is 194 Å². The Balaban J connectivity index is 1.49. The number of aromatic nitrogens is 1. The van der Waals surface area contributed by atoms with Crippen molar-refractivity contribution >= 4 is 22.7 Å². The maximum Gasteiger partial charge on any atom is 0.254 e. The van der Waals surface area contributed by atoms with Gasteiger partial charge in [-0.1, -0.05) is 48.0 Å². The van der Waals surface area contributed by atoms with E-state index in [4.69, 9.17) is 9.72 Å². The van der Waals surface area contributed by atoms with Crippen LogP contribution in [0.1, 0.15) is 15.9 Å². The highest BCUT2D eigenvalue weighted by molar-refractivity contribution is 6.07. The number of rotatable bonds is 7. The largest absolute Gasteiger partial charge is 0.383 e. The van der Waals surface area contributed by atoms with E-state index in [0.717, 1.165) is 22.2 Å². The second-order valence-electron chi connectivity index (χ2n) is 8.35. The maximum absolute atomic E-state index is 13.5. The highest BCUT2D eigenvalue weighted by Gasteiger charge is 2.25. The maximum atomic E-state index is 13.5. The van der Waals surface area contributed by atoms with Crippen LogP contribution in [0.15, 0.2) is 54.6 Å². The van der Waals surface area contributed by atoms with Crippen LogP contribution in [-0.4, -0.2) is 79.6 Å². The van der Waals surface area contributed by atoms with Gasteiger partial charge in [0.2, 0.25) is 5.91 Å². The first-order valence-corrected chi connectivity index (χ1v) is 11.3. The number of piperazine rings is 1. The van der Waals surface area contributed by atoms with E-state index in [1.807, 2.05) is 47.4 Å². The fourth-order valence-corrected chi connectivity index (χ4v) is 4.06. The summed E-state index contributed by atoms with van der Waals surface area (Å²) in [7, 11) is 1.61. The number of carbonyl (C=O) groups is 2. The normalized spacial score (nSPS) is 14.4. The van der Waals surface area contributed by atoms with Gasteiger partial charge >= 0.3 is 0 Å². The Morgan fingerprint density at radius 1 is 1.03 bits per heavy atom. The lowest BCUT2D eigenvalue weighted by Gasteiger charge is -2.34. The molecule has 4 rings (SSSR count). The lowest BCUT2D eigenvalue weighted by Crippen LogP contribution is -2.51. The first-order chi connectivity index (χ1) is 16.0. The third-order valence-electron chi connectivity index (χ3n) is 5.95. The molecule has 33 heavy (non-hydrogen) atoms. The summed E-state index contributed by atoms with van der Waals surface area (Å²) >= 11 is 0. The number of para-hydroxylation sites is 1. The molecule has 1 N–H and O–H groups in total. The van der Waals surface area contributed by atoms with Crippen molar-refractivity contribution in [3.05, 3.63) is 65.7 Å². The number of amides is 2. The zero-order chi connectivity index (χ0) is 23.2. The molecule has 0 radical (unpaired) electrons. The van der Waals surface area contributed by atoms with Crippen molar-refractivity contribution in [2.24, 2.45) is 0 Å². The van der Waals surface area contributed by atoms with E-state index < -0.39 is 0 Å². The Hall–Kier alpha value is -3.29. The summed E-state index contributed by atoms with van der Waals surface area (Å²) < 4.78 is 4.96. The van der Waals surface area contributed by atoms with E-state index in [-0.39, 0.29) is 11.8 Å². The molecular weight excluding hydrogens is 416 g/mol. The fraction of sp³-hybridized carbons (Fsp3) is 0.346. The molecule has 1 aliphatic heterocycles. The van der Waals surface area contributed by atoms with Gasteiger partial charge in [-0.25, -0.2) is 4.98 Å². The Bertz CT molecular complexity index is 1120. The van der Waals surface area contributed by atoms with Gasteiger partial charge in [0.25, 0.3) is 5.91 Å². The second kappa shape index (κ2) is 10.6. The van der Waals surface area contributed by atoms with Crippen molar-refractivity contribution in [3.63, 3.8) is 0 Å². The van der Waals surface area contributed by atoms with Crippen molar-refractivity contribution in [2.75, 3.05) is 53.0 Å². The molecule has 0 aliphatic carbocycles. The summed E-state index contributed by atoms with van der Waals surface area (Å²) in [4.78, 5) is 34.4. The molecule has 7 nitrogen and oxygen atoms in total. The van der Waals surface area contributed by atoms with Crippen molar-refractivity contribution in [2.45, 2.75) is 6.92 Å². The zero-order valence-corrected chi connectivity index (χ0v) is 19.2. The molecule has 2 aromatic carbocycles. The average Bonchev–Trinajstić information content (AvgIpc) is 2.84. The Morgan fingerprint density at radius 2 is 1.76 bits per heavy atom.